The highest BCUT2D eigenvalue weighted by atomic mass is 79.9. The Hall–Kier alpha value is -1.60. The number of rotatable bonds is 1. The molecule has 0 saturated carbocycles. The second-order valence-electron chi connectivity index (χ2n) is 3.79. The number of thiophene rings is 1. The number of benzene rings is 1. The van der Waals surface area contributed by atoms with Crippen molar-refractivity contribution < 1.29 is 8.78 Å². The van der Waals surface area contributed by atoms with Crippen LogP contribution < -0.4 is 5.73 Å². The first kappa shape index (κ1) is 12.4. The first-order chi connectivity index (χ1) is 9.08. The lowest BCUT2D eigenvalue weighted by molar-refractivity contribution is 0.504. The minimum absolute atomic E-state index is 0.0113. The van der Waals surface area contributed by atoms with Gasteiger partial charge in [-0.25, -0.2) is 18.7 Å². The van der Waals surface area contributed by atoms with E-state index in [1.54, 1.807) is 0 Å². The zero-order valence-corrected chi connectivity index (χ0v) is 11.7. The van der Waals surface area contributed by atoms with E-state index in [0.29, 0.717) is 16.2 Å². The maximum absolute atomic E-state index is 13.5. The van der Waals surface area contributed by atoms with Gasteiger partial charge in [0.25, 0.3) is 0 Å². The van der Waals surface area contributed by atoms with Crippen LogP contribution in [0.25, 0.3) is 21.6 Å². The fraction of sp³-hybridized carbons (Fsp3) is 0. The van der Waals surface area contributed by atoms with E-state index >= 15 is 0 Å². The van der Waals surface area contributed by atoms with Crippen molar-refractivity contribution >= 4 is 43.3 Å². The Balaban J connectivity index is 2.27. The van der Waals surface area contributed by atoms with Gasteiger partial charge in [0.05, 0.1) is 9.86 Å². The van der Waals surface area contributed by atoms with Crippen LogP contribution in [0.2, 0.25) is 0 Å². The Morgan fingerprint density at radius 2 is 1.95 bits per heavy atom. The van der Waals surface area contributed by atoms with Crippen LogP contribution in [0.3, 0.4) is 0 Å². The maximum atomic E-state index is 13.5. The normalized spacial score (nSPS) is 11.1. The molecule has 0 aliphatic heterocycles. The van der Waals surface area contributed by atoms with Gasteiger partial charge in [-0.1, -0.05) is 0 Å². The molecule has 7 heteroatoms. The van der Waals surface area contributed by atoms with Gasteiger partial charge in [-0.3, -0.25) is 0 Å². The molecule has 2 heterocycles. The lowest BCUT2D eigenvalue weighted by atomic mass is 10.2. The fourth-order valence-electron chi connectivity index (χ4n) is 1.70. The molecular weight excluding hydrogens is 336 g/mol. The van der Waals surface area contributed by atoms with Crippen LogP contribution in [0.4, 0.5) is 14.6 Å². The van der Waals surface area contributed by atoms with Gasteiger partial charge in [-0.05, 0) is 39.5 Å². The summed E-state index contributed by atoms with van der Waals surface area (Å²) in [6.07, 6.45) is 0. The molecule has 2 N–H and O–H groups in total. The molecule has 0 spiro atoms. The average Bonchev–Trinajstić information content (AvgIpc) is 2.85. The van der Waals surface area contributed by atoms with Crippen molar-refractivity contribution in [3.63, 3.8) is 0 Å². The summed E-state index contributed by atoms with van der Waals surface area (Å²) in [5.74, 6) is -1.32. The number of nitrogen functional groups attached to an aromatic ring is 1. The lowest BCUT2D eigenvalue weighted by Crippen LogP contribution is -1.98. The van der Waals surface area contributed by atoms with Gasteiger partial charge in [0.2, 0.25) is 0 Å². The zero-order chi connectivity index (χ0) is 13.6. The largest absolute Gasteiger partial charge is 0.383 e. The molecule has 0 aliphatic carbocycles. The molecule has 0 aliphatic rings. The quantitative estimate of drug-likeness (QED) is 0.681. The molecule has 3 aromatic rings. The number of nitrogens with zero attached hydrogens (tertiary/aromatic N) is 2. The molecule has 96 valence electrons. The second kappa shape index (κ2) is 4.50. The van der Waals surface area contributed by atoms with Crippen molar-refractivity contribution in [2.24, 2.45) is 0 Å². The average molecular weight is 342 g/mol. The molecule has 2 aromatic heterocycles. The Morgan fingerprint density at radius 1 is 1.16 bits per heavy atom. The number of hydrogen-bond donors (Lipinski definition) is 1. The monoisotopic (exact) mass is 341 g/mol. The molecule has 0 fully saturated rings. The van der Waals surface area contributed by atoms with E-state index in [2.05, 4.69) is 25.9 Å². The molecule has 1 aromatic carbocycles. The summed E-state index contributed by atoms with van der Waals surface area (Å²) in [7, 11) is 0. The van der Waals surface area contributed by atoms with Gasteiger partial charge in [-0.15, -0.1) is 11.3 Å². The topological polar surface area (TPSA) is 51.8 Å². The number of anilines is 1. The third-order valence-electron chi connectivity index (χ3n) is 2.63. The predicted molar refractivity (Wildman–Crippen MR) is 74.9 cm³/mol. The van der Waals surface area contributed by atoms with E-state index in [-0.39, 0.29) is 10.3 Å². The van der Waals surface area contributed by atoms with Crippen LogP contribution in [0.5, 0.6) is 0 Å². The van der Waals surface area contributed by atoms with Crippen LogP contribution in [0.15, 0.2) is 28.1 Å². The predicted octanol–water partition coefficient (Wildman–Crippen LogP) is 3.98. The lowest BCUT2D eigenvalue weighted by Gasteiger charge is -2.06. The molecule has 3 nitrogen and oxygen atoms in total. The van der Waals surface area contributed by atoms with E-state index in [4.69, 9.17) is 5.73 Å². The molecule has 0 atom stereocenters. The molecule has 19 heavy (non-hydrogen) atoms. The number of nitrogens with two attached hydrogens (primary N) is 1. The van der Waals surface area contributed by atoms with Gasteiger partial charge in [-0.2, -0.15) is 0 Å². The van der Waals surface area contributed by atoms with Crippen molar-refractivity contribution in [3.8, 4) is 11.4 Å². The van der Waals surface area contributed by atoms with E-state index in [9.17, 15) is 8.78 Å². The molecule has 3 rings (SSSR count). The number of aromatic nitrogens is 2. The summed E-state index contributed by atoms with van der Waals surface area (Å²) in [6, 6.07) is 4.27. The van der Waals surface area contributed by atoms with Crippen LogP contribution in [-0.4, -0.2) is 9.97 Å². The van der Waals surface area contributed by atoms with Crippen molar-refractivity contribution in [1.82, 2.24) is 9.97 Å². The van der Waals surface area contributed by atoms with Gasteiger partial charge >= 0.3 is 0 Å². The van der Waals surface area contributed by atoms with E-state index < -0.39 is 11.6 Å². The van der Waals surface area contributed by atoms with Crippen molar-refractivity contribution in [1.29, 1.82) is 0 Å². The summed E-state index contributed by atoms with van der Waals surface area (Å²) < 4.78 is 26.6. The third kappa shape index (κ3) is 1.98. The highest BCUT2D eigenvalue weighted by molar-refractivity contribution is 9.10. The Morgan fingerprint density at radius 3 is 2.74 bits per heavy atom. The van der Waals surface area contributed by atoms with Gasteiger partial charge < -0.3 is 5.73 Å². The Bertz CT molecular complexity index is 788. The maximum Gasteiger partial charge on any atom is 0.173 e. The van der Waals surface area contributed by atoms with E-state index in [1.165, 1.54) is 17.4 Å². The molecule has 0 radical (unpaired) electrons. The van der Waals surface area contributed by atoms with Gasteiger partial charge in [0.1, 0.15) is 10.6 Å². The number of hydrogen-bond acceptors (Lipinski definition) is 4. The summed E-state index contributed by atoms with van der Waals surface area (Å²) in [5.41, 5.74) is 6.19. The molecule has 0 unspecified atom stereocenters. The van der Waals surface area contributed by atoms with Crippen LogP contribution in [-0.2, 0) is 0 Å². The SMILES string of the molecule is Nc1nc(-c2ccc(F)c(F)c2Br)nc2sccc12. The molecule has 0 bridgehead atoms. The first-order valence-corrected chi connectivity index (χ1v) is 6.90. The van der Waals surface area contributed by atoms with Gasteiger partial charge in [0, 0.05) is 5.56 Å². The smallest absolute Gasteiger partial charge is 0.173 e. The van der Waals surface area contributed by atoms with Crippen molar-refractivity contribution in [3.05, 3.63) is 39.7 Å². The summed E-state index contributed by atoms with van der Waals surface area (Å²) in [4.78, 5) is 9.14. The Kier molecular flexibility index (Phi) is 2.94. The summed E-state index contributed by atoms with van der Waals surface area (Å²) in [6.45, 7) is 0. The minimum atomic E-state index is -0.967. The minimum Gasteiger partial charge on any atom is -0.383 e. The van der Waals surface area contributed by atoms with E-state index in [0.717, 1.165) is 11.5 Å². The van der Waals surface area contributed by atoms with E-state index in [1.807, 2.05) is 11.4 Å². The molecular formula is C12H6BrF2N3S. The third-order valence-corrected chi connectivity index (χ3v) is 4.21. The zero-order valence-electron chi connectivity index (χ0n) is 9.32. The number of halogens is 3. The molecule has 0 amide bonds. The van der Waals surface area contributed by atoms with Crippen LogP contribution in [0.1, 0.15) is 0 Å². The van der Waals surface area contributed by atoms with Crippen LogP contribution in [0, 0.1) is 11.6 Å². The standard InChI is InChI=1S/C12H6BrF2N3S/c13-8-5(1-2-7(14)9(8)15)11-17-10(16)6-3-4-19-12(6)18-11/h1-4H,(H2,16,17,18). The van der Waals surface area contributed by atoms with Crippen molar-refractivity contribution in [2.45, 2.75) is 0 Å². The van der Waals surface area contributed by atoms with Crippen LogP contribution >= 0.6 is 27.3 Å². The number of fused-ring (bicyclic) bond motifs is 1. The van der Waals surface area contributed by atoms with Gasteiger partial charge in [0.15, 0.2) is 17.5 Å². The Labute approximate surface area is 119 Å². The van der Waals surface area contributed by atoms with Crippen molar-refractivity contribution in [2.75, 3.05) is 5.73 Å². The first-order valence-electron chi connectivity index (χ1n) is 5.22. The summed E-state index contributed by atoms with van der Waals surface area (Å²) in [5, 5.41) is 2.60. The second-order valence-corrected chi connectivity index (χ2v) is 5.48. The molecule has 0 saturated heterocycles. The summed E-state index contributed by atoms with van der Waals surface area (Å²) >= 11 is 4.42. The fourth-order valence-corrected chi connectivity index (χ4v) is 2.97. The highest BCUT2D eigenvalue weighted by Gasteiger charge is 2.16. The highest BCUT2D eigenvalue weighted by Crippen LogP contribution is 2.32.